The van der Waals surface area contributed by atoms with Crippen LogP contribution in [0.4, 0.5) is 0 Å². The van der Waals surface area contributed by atoms with Gasteiger partial charge in [-0.3, -0.25) is 14.2 Å². The number of carbonyl (C=O) groups excluding carboxylic acids is 2. The molecule has 9 heteroatoms. The Morgan fingerprint density at radius 2 is 1.67 bits per heavy atom. The van der Waals surface area contributed by atoms with Crippen LogP contribution in [0.5, 0.6) is 17.2 Å². The molecule has 0 radical (unpaired) electrons. The maximum atomic E-state index is 13.8. The van der Waals surface area contributed by atoms with Gasteiger partial charge in [-0.05, 0) is 60.5 Å². The fourth-order valence-electron chi connectivity index (χ4n) is 4.34. The second-order valence-corrected chi connectivity index (χ2v) is 9.73. The topological polar surface area (TPSA) is 96.2 Å². The van der Waals surface area contributed by atoms with Crippen molar-refractivity contribution in [1.29, 1.82) is 0 Å². The summed E-state index contributed by atoms with van der Waals surface area (Å²) in [5, 5.41) is 0. The van der Waals surface area contributed by atoms with E-state index in [0.717, 1.165) is 5.56 Å². The summed E-state index contributed by atoms with van der Waals surface area (Å²) in [4.78, 5) is 43.0. The molecule has 0 spiro atoms. The van der Waals surface area contributed by atoms with E-state index in [9.17, 15) is 14.4 Å². The minimum Gasteiger partial charge on any atom is -0.466 e. The summed E-state index contributed by atoms with van der Waals surface area (Å²) in [5.74, 6) is 0.679. The lowest BCUT2D eigenvalue weighted by Gasteiger charge is -2.24. The quantitative estimate of drug-likeness (QED) is 0.270. The van der Waals surface area contributed by atoms with Crippen LogP contribution in [0.1, 0.15) is 31.0 Å². The monoisotopic (exact) mass is 540 g/mol. The van der Waals surface area contributed by atoms with Crippen molar-refractivity contribution in [2.45, 2.75) is 19.9 Å². The molecule has 8 nitrogen and oxygen atoms in total. The van der Waals surface area contributed by atoms with E-state index in [0.29, 0.717) is 37.8 Å². The summed E-state index contributed by atoms with van der Waals surface area (Å²) in [6.07, 6.45) is 1.78. The number of carbonyl (C=O) groups is 2. The fraction of sp³-hybridized carbons (Fsp3) is 0.133. The summed E-state index contributed by atoms with van der Waals surface area (Å²) >= 11 is 1.23. The molecule has 0 aliphatic carbocycles. The molecule has 4 aromatic rings. The SMILES string of the molecule is COC(=O)C1=C(C)N=c2s/c(=C/c3cccc(Oc4ccccc4)c3)c(=O)n2[C@H]1c1ccc(OC(C)=O)cc1. The highest BCUT2D eigenvalue weighted by atomic mass is 32.1. The van der Waals surface area contributed by atoms with Crippen LogP contribution < -0.4 is 24.4 Å². The van der Waals surface area contributed by atoms with Gasteiger partial charge in [0.2, 0.25) is 0 Å². The van der Waals surface area contributed by atoms with Gasteiger partial charge in [0, 0.05) is 6.92 Å². The van der Waals surface area contributed by atoms with Crippen molar-refractivity contribution in [1.82, 2.24) is 4.57 Å². The summed E-state index contributed by atoms with van der Waals surface area (Å²) in [6.45, 7) is 3.03. The number of benzene rings is 3. The summed E-state index contributed by atoms with van der Waals surface area (Å²) in [5.41, 5.74) is 1.85. The second kappa shape index (κ2) is 10.9. The minimum absolute atomic E-state index is 0.259. The zero-order valence-electron chi connectivity index (χ0n) is 21.4. The number of aromatic nitrogens is 1. The van der Waals surface area contributed by atoms with Crippen molar-refractivity contribution in [3.63, 3.8) is 0 Å². The number of hydrogen-bond acceptors (Lipinski definition) is 8. The zero-order chi connectivity index (χ0) is 27.5. The molecule has 3 aromatic carbocycles. The first-order valence-electron chi connectivity index (χ1n) is 12.1. The molecule has 0 unspecified atom stereocenters. The minimum atomic E-state index is -0.769. The molecule has 0 saturated carbocycles. The molecule has 1 aliphatic rings. The van der Waals surface area contributed by atoms with E-state index in [2.05, 4.69) is 4.99 Å². The van der Waals surface area contributed by atoms with Gasteiger partial charge in [-0.1, -0.05) is 53.8 Å². The van der Waals surface area contributed by atoms with Gasteiger partial charge in [-0.25, -0.2) is 9.79 Å². The summed E-state index contributed by atoms with van der Waals surface area (Å²) in [7, 11) is 1.29. The predicted molar refractivity (Wildman–Crippen MR) is 146 cm³/mol. The molecule has 1 atom stereocenters. The van der Waals surface area contributed by atoms with Gasteiger partial charge in [-0.15, -0.1) is 0 Å². The van der Waals surface area contributed by atoms with Crippen LogP contribution >= 0.6 is 11.3 Å². The van der Waals surface area contributed by atoms with Crippen LogP contribution in [0.2, 0.25) is 0 Å². The van der Waals surface area contributed by atoms with Gasteiger partial charge in [0.15, 0.2) is 4.80 Å². The van der Waals surface area contributed by atoms with E-state index >= 15 is 0 Å². The van der Waals surface area contributed by atoms with E-state index in [-0.39, 0.29) is 11.1 Å². The number of allylic oxidation sites excluding steroid dienone is 1. The Morgan fingerprint density at radius 3 is 2.36 bits per heavy atom. The van der Waals surface area contributed by atoms with Gasteiger partial charge < -0.3 is 14.2 Å². The fourth-order valence-corrected chi connectivity index (χ4v) is 5.38. The van der Waals surface area contributed by atoms with E-state index < -0.39 is 18.0 Å². The standard InChI is InChI=1S/C30H24N2O6S/c1-18-26(29(35)36-3)27(21-12-14-23(15-13-21)37-19(2)33)32-28(34)25(39-30(32)31-18)17-20-8-7-11-24(16-20)38-22-9-5-4-6-10-22/h4-17,27H,1-3H3/b25-17+/t27-/m0/s1. The van der Waals surface area contributed by atoms with E-state index in [1.54, 1.807) is 37.3 Å². The van der Waals surface area contributed by atoms with Crippen molar-refractivity contribution in [2.24, 2.45) is 4.99 Å². The van der Waals surface area contributed by atoms with E-state index in [4.69, 9.17) is 14.2 Å². The molecule has 196 valence electrons. The number of rotatable bonds is 6. The van der Waals surface area contributed by atoms with E-state index in [1.165, 1.54) is 29.9 Å². The first-order chi connectivity index (χ1) is 18.8. The Bertz CT molecular complexity index is 1770. The average Bonchev–Trinajstić information content (AvgIpc) is 3.22. The number of methoxy groups -OCH3 is 1. The van der Waals surface area contributed by atoms with Crippen molar-refractivity contribution >= 4 is 29.4 Å². The Balaban J connectivity index is 1.59. The normalized spacial score (nSPS) is 14.8. The maximum absolute atomic E-state index is 13.8. The van der Waals surface area contributed by atoms with Gasteiger partial charge in [0.25, 0.3) is 5.56 Å². The third-order valence-electron chi connectivity index (χ3n) is 6.02. The number of para-hydroxylation sites is 1. The molecule has 39 heavy (non-hydrogen) atoms. The van der Waals surface area contributed by atoms with Crippen molar-refractivity contribution < 1.29 is 23.8 Å². The van der Waals surface area contributed by atoms with Crippen LogP contribution in [-0.4, -0.2) is 23.6 Å². The molecule has 0 bridgehead atoms. The number of thiazole rings is 1. The third kappa shape index (κ3) is 5.44. The van der Waals surface area contributed by atoms with Crippen molar-refractivity contribution in [3.8, 4) is 17.2 Å². The predicted octanol–water partition coefficient (Wildman–Crippen LogP) is 4.13. The van der Waals surface area contributed by atoms with Gasteiger partial charge >= 0.3 is 11.9 Å². The molecule has 0 amide bonds. The molecule has 1 aliphatic heterocycles. The molecular formula is C30H24N2O6S. The van der Waals surface area contributed by atoms with Crippen LogP contribution in [0.25, 0.3) is 6.08 Å². The third-order valence-corrected chi connectivity index (χ3v) is 7.00. The largest absolute Gasteiger partial charge is 0.466 e. The molecule has 2 heterocycles. The van der Waals surface area contributed by atoms with Crippen LogP contribution in [0.15, 0.2) is 99.9 Å². The van der Waals surface area contributed by atoms with Gasteiger partial charge in [-0.2, -0.15) is 0 Å². The van der Waals surface area contributed by atoms with Crippen molar-refractivity contribution in [2.75, 3.05) is 7.11 Å². The number of esters is 2. The molecular weight excluding hydrogens is 516 g/mol. The smallest absolute Gasteiger partial charge is 0.338 e. The van der Waals surface area contributed by atoms with Crippen LogP contribution in [-0.2, 0) is 14.3 Å². The molecule has 0 saturated heterocycles. The highest BCUT2D eigenvalue weighted by Crippen LogP contribution is 2.31. The Labute approximate surface area is 227 Å². The number of hydrogen-bond donors (Lipinski definition) is 0. The second-order valence-electron chi connectivity index (χ2n) is 8.72. The zero-order valence-corrected chi connectivity index (χ0v) is 22.2. The first kappa shape index (κ1) is 25.9. The Kier molecular flexibility index (Phi) is 7.25. The van der Waals surface area contributed by atoms with Gasteiger partial charge in [0.05, 0.1) is 29.0 Å². The highest BCUT2D eigenvalue weighted by Gasteiger charge is 2.33. The van der Waals surface area contributed by atoms with Gasteiger partial charge in [0.1, 0.15) is 17.2 Å². The number of ether oxygens (including phenoxy) is 3. The van der Waals surface area contributed by atoms with Crippen LogP contribution in [0, 0.1) is 0 Å². The van der Waals surface area contributed by atoms with Crippen molar-refractivity contribution in [3.05, 3.63) is 121 Å². The lowest BCUT2D eigenvalue weighted by Crippen LogP contribution is -2.39. The molecule has 1 aromatic heterocycles. The molecule has 0 N–H and O–H groups in total. The first-order valence-corrected chi connectivity index (χ1v) is 12.9. The summed E-state index contributed by atoms with van der Waals surface area (Å²) in [6, 6.07) is 22.8. The summed E-state index contributed by atoms with van der Waals surface area (Å²) < 4.78 is 18.1. The lowest BCUT2D eigenvalue weighted by molar-refractivity contribution is -0.136. The maximum Gasteiger partial charge on any atom is 0.338 e. The lowest BCUT2D eigenvalue weighted by atomic mass is 9.96. The highest BCUT2D eigenvalue weighted by molar-refractivity contribution is 7.07. The average molecular weight is 541 g/mol. The number of fused-ring (bicyclic) bond motifs is 1. The van der Waals surface area contributed by atoms with Crippen LogP contribution in [0.3, 0.4) is 0 Å². The number of nitrogens with zero attached hydrogens (tertiary/aromatic N) is 2. The van der Waals surface area contributed by atoms with E-state index in [1.807, 2.05) is 54.6 Å². The Hall–Kier alpha value is -4.76. The Morgan fingerprint density at radius 1 is 0.949 bits per heavy atom. The molecule has 5 rings (SSSR count). The molecule has 0 fully saturated rings.